The Kier molecular flexibility index (Phi) is 25.4. The van der Waals surface area contributed by atoms with Crippen molar-refractivity contribution in [3.05, 3.63) is 43.4 Å². The van der Waals surface area contributed by atoms with Gasteiger partial charge in [-0.15, -0.1) is 9.79 Å². The first kappa shape index (κ1) is 18.6. The molecule has 4 N–H and O–H groups in total. The van der Waals surface area contributed by atoms with Gasteiger partial charge in [-0.25, -0.2) is 0 Å². The van der Waals surface area contributed by atoms with Gasteiger partial charge in [0.2, 0.25) is 0 Å². The number of hydrogen-bond donors (Lipinski definition) is 3. The molecule has 1 rings (SSSR count). The van der Waals surface area contributed by atoms with Crippen LogP contribution in [0.2, 0.25) is 0 Å². The Morgan fingerprint density at radius 3 is 1.54 bits per heavy atom. The molecular formula is C7H11NO3PZn+. The SMILES string of the molecule is O=[P+](O)O.[CH2-]N.[Zn+2].[c-]1ccccc1. The van der Waals surface area contributed by atoms with Crippen LogP contribution >= 0.6 is 8.25 Å². The summed E-state index contributed by atoms with van der Waals surface area (Å²) >= 11 is 0. The van der Waals surface area contributed by atoms with Gasteiger partial charge in [-0.05, 0) is 0 Å². The minimum absolute atomic E-state index is 0. The van der Waals surface area contributed by atoms with Crippen LogP contribution < -0.4 is 5.73 Å². The Labute approximate surface area is 91.5 Å². The molecule has 1 aromatic rings. The van der Waals surface area contributed by atoms with E-state index in [-0.39, 0.29) is 19.5 Å². The van der Waals surface area contributed by atoms with Gasteiger partial charge in [0.15, 0.2) is 0 Å². The van der Waals surface area contributed by atoms with E-state index < -0.39 is 8.25 Å². The quantitative estimate of drug-likeness (QED) is 0.364. The molecule has 0 saturated heterocycles. The van der Waals surface area contributed by atoms with Crippen LogP contribution in [-0.2, 0) is 24.0 Å². The molecule has 0 aliphatic carbocycles. The van der Waals surface area contributed by atoms with Crippen LogP contribution in [0, 0.1) is 13.1 Å². The monoisotopic (exact) mass is 252 g/mol. The van der Waals surface area contributed by atoms with Crippen molar-refractivity contribution < 1.29 is 33.8 Å². The van der Waals surface area contributed by atoms with Gasteiger partial charge in [0.05, 0.1) is 0 Å². The van der Waals surface area contributed by atoms with Crippen molar-refractivity contribution in [1.29, 1.82) is 0 Å². The van der Waals surface area contributed by atoms with Crippen LogP contribution in [-0.4, -0.2) is 9.79 Å². The van der Waals surface area contributed by atoms with E-state index in [1.807, 2.05) is 30.3 Å². The molecule has 0 fully saturated rings. The summed E-state index contributed by atoms with van der Waals surface area (Å²) in [5, 5.41) is 0. The molecule has 0 unspecified atom stereocenters. The summed E-state index contributed by atoms with van der Waals surface area (Å²) in [6, 6.07) is 12.5. The zero-order valence-corrected chi connectivity index (χ0v) is 11.0. The second-order valence-corrected chi connectivity index (χ2v) is 1.84. The van der Waals surface area contributed by atoms with Gasteiger partial charge in [-0.2, -0.15) is 36.4 Å². The Hall–Kier alpha value is -0.177. The third-order valence-electron chi connectivity index (χ3n) is 0.607. The van der Waals surface area contributed by atoms with E-state index in [0.29, 0.717) is 0 Å². The topological polar surface area (TPSA) is 83.5 Å². The summed E-state index contributed by atoms with van der Waals surface area (Å²) in [5.41, 5.74) is 4.25. The Balaban J connectivity index is -0.000000128. The largest absolute Gasteiger partial charge is 2.00 e. The van der Waals surface area contributed by atoms with Crippen LogP contribution in [0.5, 0.6) is 0 Å². The van der Waals surface area contributed by atoms with Crippen LogP contribution in [0.3, 0.4) is 0 Å². The van der Waals surface area contributed by atoms with Gasteiger partial charge < -0.3 is 5.73 Å². The molecule has 0 saturated carbocycles. The molecule has 0 atom stereocenters. The molecule has 6 heteroatoms. The summed E-state index contributed by atoms with van der Waals surface area (Å²) in [6.07, 6.45) is 0. The van der Waals surface area contributed by atoms with Gasteiger partial charge in [-0.1, -0.05) is 0 Å². The fourth-order valence-corrected chi connectivity index (χ4v) is 0.342. The number of hydrogen-bond acceptors (Lipinski definition) is 2. The van der Waals surface area contributed by atoms with Crippen molar-refractivity contribution in [2.24, 2.45) is 5.73 Å². The standard InChI is InChI=1S/C6H5.CH4N.HO3P.Zn/c1-2-4-6-5-3-1;1-2;1-4(2)3;/h1-5H;1-2H2;(H-,1,2,3);/q2*-1;;+2/p+1. The summed E-state index contributed by atoms with van der Waals surface area (Å²) < 4.78 is 8.70. The Morgan fingerprint density at radius 1 is 1.15 bits per heavy atom. The molecule has 0 bridgehead atoms. The van der Waals surface area contributed by atoms with E-state index in [2.05, 4.69) is 18.8 Å². The fourth-order valence-electron chi connectivity index (χ4n) is 0.342. The summed E-state index contributed by atoms with van der Waals surface area (Å²) in [4.78, 5) is 14.2. The van der Waals surface area contributed by atoms with E-state index in [0.717, 1.165) is 0 Å². The first-order chi connectivity index (χ1) is 5.73. The third-order valence-corrected chi connectivity index (χ3v) is 0.607. The number of nitrogens with two attached hydrogens (primary N) is 1. The van der Waals surface area contributed by atoms with E-state index in [4.69, 9.17) is 14.4 Å². The Bertz CT molecular complexity index is 156. The van der Waals surface area contributed by atoms with Crippen molar-refractivity contribution in [3.8, 4) is 0 Å². The third kappa shape index (κ3) is 33.6. The molecule has 0 aliphatic rings. The molecule has 0 amide bonds. The molecule has 0 aliphatic heterocycles. The maximum Gasteiger partial charge on any atom is 2.00 e. The average molecular weight is 254 g/mol. The molecule has 0 heterocycles. The molecule has 0 radical (unpaired) electrons. The second-order valence-electron chi connectivity index (χ2n) is 1.33. The van der Waals surface area contributed by atoms with Gasteiger partial charge in [-0.3, -0.25) is 7.05 Å². The maximum atomic E-state index is 8.70. The number of benzene rings is 1. The van der Waals surface area contributed by atoms with Crippen LogP contribution in [0.1, 0.15) is 0 Å². The van der Waals surface area contributed by atoms with Crippen molar-refractivity contribution >= 4 is 8.25 Å². The summed E-state index contributed by atoms with van der Waals surface area (Å²) in [6.45, 7) is 0. The minimum Gasteiger partial charge on any atom is -0.486 e. The predicted molar refractivity (Wildman–Crippen MR) is 46.9 cm³/mol. The van der Waals surface area contributed by atoms with Gasteiger partial charge in [0.25, 0.3) is 0 Å². The smallest absolute Gasteiger partial charge is 0.486 e. The normalized spacial score (nSPS) is 6.15. The number of rotatable bonds is 0. The molecule has 68 valence electrons. The maximum absolute atomic E-state index is 8.70. The minimum atomic E-state index is -2.87. The molecule has 1 aromatic carbocycles. The summed E-state index contributed by atoms with van der Waals surface area (Å²) in [5.74, 6) is 0. The van der Waals surface area contributed by atoms with E-state index in [1.54, 1.807) is 0 Å². The van der Waals surface area contributed by atoms with Crippen molar-refractivity contribution in [2.75, 3.05) is 0 Å². The Morgan fingerprint density at radius 2 is 1.46 bits per heavy atom. The van der Waals surface area contributed by atoms with Crippen LogP contribution in [0.25, 0.3) is 0 Å². The van der Waals surface area contributed by atoms with Gasteiger partial charge >= 0.3 is 27.7 Å². The van der Waals surface area contributed by atoms with Gasteiger partial charge in [0, 0.05) is 4.57 Å². The average Bonchev–Trinajstić information content (AvgIpc) is 2.10. The zero-order chi connectivity index (χ0) is 9.82. The molecule has 4 nitrogen and oxygen atoms in total. The summed E-state index contributed by atoms with van der Waals surface area (Å²) in [7, 11) is -0.120. The fraction of sp³-hybridized carbons (Fsp3) is 0. The molecular weight excluding hydrogens is 242 g/mol. The van der Waals surface area contributed by atoms with E-state index >= 15 is 0 Å². The van der Waals surface area contributed by atoms with E-state index in [9.17, 15) is 0 Å². The molecule has 13 heavy (non-hydrogen) atoms. The van der Waals surface area contributed by atoms with E-state index in [1.165, 1.54) is 0 Å². The zero-order valence-electron chi connectivity index (χ0n) is 7.13. The second kappa shape index (κ2) is 17.8. The van der Waals surface area contributed by atoms with Crippen LogP contribution in [0.15, 0.2) is 30.3 Å². The van der Waals surface area contributed by atoms with Crippen molar-refractivity contribution in [1.82, 2.24) is 0 Å². The molecule has 0 aromatic heterocycles. The first-order valence-corrected chi connectivity index (χ1v) is 4.07. The van der Waals surface area contributed by atoms with Crippen molar-refractivity contribution in [3.63, 3.8) is 0 Å². The van der Waals surface area contributed by atoms with Crippen molar-refractivity contribution in [2.45, 2.75) is 0 Å². The van der Waals surface area contributed by atoms with Gasteiger partial charge in [0.1, 0.15) is 0 Å². The predicted octanol–water partition coefficient (Wildman–Crippen LogP) is 0.849. The molecule has 0 spiro atoms. The first-order valence-electron chi connectivity index (χ1n) is 2.90. The van der Waals surface area contributed by atoms with Crippen LogP contribution in [0.4, 0.5) is 0 Å².